The summed E-state index contributed by atoms with van der Waals surface area (Å²) in [5.41, 5.74) is 0.478. The molecule has 2 aromatic rings. The summed E-state index contributed by atoms with van der Waals surface area (Å²) in [6.07, 6.45) is 6.08. The summed E-state index contributed by atoms with van der Waals surface area (Å²) >= 11 is 0. The van der Waals surface area contributed by atoms with Crippen molar-refractivity contribution in [2.75, 3.05) is 24.3 Å². The third-order valence-corrected chi connectivity index (χ3v) is 2.27. The van der Waals surface area contributed by atoms with Gasteiger partial charge < -0.3 is 10.2 Å². The van der Waals surface area contributed by atoms with Crippen LogP contribution in [-0.2, 0) is 0 Å². The minimum atomic E-state index is -0.256. The van der Waals surface area contributed by atoms with Gasteiger partial charge in [0.15, 0.2) is 5.82 Å². The second-order valence-electron chi connectivity index (χ2n) is 3.84. The standard InChI is InChI=1S/C12H13N5O/c1-17(2)11-4-3-9(7-15-11)12(18)16-10-8-13-5-6-14-10/h3-8H,1-2H3,(H,14,16,18). The van der Waals surface area contributed by atoms with Crippen LogP contribution < -0.4 is 10.2 Å². The molecule has 0 unspecified atom stereocenters. The maximum absolute atomic E-state index is 11.9. The van der Waals surface area contributed by atoms with Gasteiger partial charge in [-0.15, -0.1) is 0 Å². The quantitative estimate of drug-likeness (QED) is 0.876. The average Bonchev–Trinajstić information content (AvgIpc) is 2.40. The van der Waals surface area contributed by atoms with E-state index in [-0.39, 0.29) is 5.91 Å². The first kappa shape index (κ1) is 12.0. The Balaban J connectivity index is 2.10. The summed E-state index contributed by atoms with van der Waals surface area (Å²) in [6, 6.07) is 3.50. The Morgan fingerprint density at radius 3 is 2.56 bits per heavy atom. The van der Waals surface area contributed by atoms with Crippen molar-refractivity contribution in [1.29, 1.82) is 0 Å². The van der Waals surface area contributed by atoms with Crippen molar-refractivity contribution in [3.8, 4) is 0 Å². The van der Waals surface area contributed by atoms with E-state index in [0.29, 0.717) is 11.4 Å². The molecule has 0 spiro atoms. The van der Waals surface area contributed by atoms with E-state index in [4.69, 9.17) is 0 Å². The van der Waals surface area contributed by atoms with Crippen LogP contribution in [0.1, 0.15) is 10.4 Å². The maximum atomic E-state index is 11.9. The predicted molar refractivity (Wildman–Crippen MR) is 68.5 cm³/mol. The number of anilines is 2. The van der Waals surface area contributed by atoms with Crippen LogP contribution in [0.5, 0.6) is 0 Å². The third kappa shape index (κ3) is 2.79. The molecule has 0 atom stereocenters. The average molecular weight is 243 g/mol. The summed E-state index contributed by atoms with van der Waals surface area (Å²) in [7, 11) is 3.78. The van der Waals surface area contributed by atoms with Gasteiger partial charge in [-0.25, -0.2) is 9.97 Å². The normalized spacial score (nSPS) is 9.89. The fraction of sp³-hybridized carbons (Fsp3) is 0.167. The van der Waals surface area contributed by atoms with Gasteiger partial charge in [0.2, 0.25) is 0 Å². The van der Waals surface area contributed by atoms with E-state index in [1.165, 1.54) is 18.6 Å². The number of carbonyl (C=O) groups excluding carboxylic acids is 1. The first-order valence-corrected chi connectivity index (χ1v) is 5.37. The van der Waals surface area contributed by atoms with Crippen molar-refractivity contribution in [3.05, 3.63) is 42.5 Å². The molecule has 92 valence electrons. The van der Waals surface area contributed by atoms with Crippen LogP contribution >= 0.6 is 0 Å². The fourth-order valence-electron chi connectivity index (χ4n) is 1.34. The summed E-state index contributed by atoms with van der Waals surface area (Å²) in [5, 5.41) is 2.64. The van der Waals surface area contributed by atoms with Crippen molar-refractivity contribution < 1.29 is 4.79 Å². The monoisotopic (exact) mass is 243 g/mol. The van der Waals surface area contributed by atoms with Crippen molar-refractivity contribution in [1.82, 2.24) is 15.0 Å². The van der Waals surface area contributed by atoms with Gasteiger partial charge in [0.25, 0.3) is 5.91 Å². The Labute approximate surface area is 105 Å². The molecule has 0 fully saturated rings. The van der Waals surface area contributed by atoms with E-state index in [1.54, 1.807) is 18.3 Å². The van der Waals surface area contributed by atoms with Crippen molar-refractivity contribution in [3.63, 3.8) is 0 Å². The minimum Gasteiger partial charge on any atom is -0.363 e. The van der Waals surface area contributed by atoms with Crippen LogP contribution in [0.25, 0.3) is 0 Å². The number of carbonyl (C=O) groups is 1. The Morgan fingerprint density at radius 2 is 2.00 bits per heavy atom. The lowest BCUT2D eigenvalue weighted by atomic mass is 10.2. The van der Waals surface area contributed by atoms with Crippen LogP contribution in [0.4, 0.5) is 11.6 Å². The van der Waals surface area contributed by atoms with E-state index < -0.39 is 0 Å². The molecule has 6 heteroatoms. The highest BCUT2D eigenvalue weighted by atomic mass is 16.1. The molecule has 2 aromatic heterocycles. The lowest BCUT2D eigenvalue weighted by Crippen LogP contribution is -2.15. The number of hydrogen-bond donors (Lipinski definition) is 1. The predicted octanol–water partition coefficient (Wildman–Crippen LogP) is 1.19. The number of aromatic nitrogens is 3. The molecule has 0 saturated carbocycles. The van der Waals surface area contributed by atoms with Crippen molar-refractivity contribution in [2.24, 2.45) is 0 Å². The molecular weight excluding hydrogens is 230 g/mol. The summed E-state index contributed by atoms with van der Waals surface area (Å²) in [4.78, 5) is 25.7. The van der Waals surface area contributed by atoms with Crippen LogP contribution in [0.3, 0.4) is 0 Å². The number of nitrogens with zero attached hydrogens (tertiary/aromatic N) is 4. The van der Waals surface area contributed by atoms with Gasteiger partial charge >= 0.3 is 0 Å². The van der Waals surface area contributed by atoms with Crippen molar-refractivity contribution >= 4 is 17.5 Å². The minimum absolute atomic E-state index is 0.256. The third-order valence-electron chi connectivity index (χ3n) is 2.27. The van der Waals surface area contributed by atoms with Crippen molar-refractivity contribution in [2.45, 2.75) is 0 Å². The molecule has 0 saturated heterocycles. The zero-order chi connectivity index (χ0) is 13.0. The molecule has 0 aliphatic carbocycles. The van der Waals surface area contributed by atoms with E-state index in [1.807, 2.05) is 19.0 Å². The first-order valence-electron chi connectivity index (χ1n) is 5.37. The van der Waals surface area contributed by atoms with Gasteiger partial charge in [0.05, 0.1) is 11.8 Å². The number of pyridine rings is 1. The fourth-order valence-corrected chi connectivity index (χ4v) is 1.34. The van der Waals surface area contributed by atoms with E-state index in [2.05, 4.69) is 20.3 Å². The number of hydrogen-bond acceptors (Lipinski definition) is 5. The largest absolute Gasteiger partial charge is 0.363 e. The zero-order valence-electron chi connectivity index (χ0n) is 10.2. The summed E-state index contributed by atoms with van der Waals surface area (Å²) < 4.78 is 0. The van der Waals surface area contributed by atoms with Crippen LogP contribution in [-0.4, -0.2) is 35.0 Å². The molecule has 6 nitrogen and oxygen atoms in total. The Bertz CT molecular complexity index is 524. The number of amides is 1. The molecule has 1 amide bonds. The van der Waals surface area contributed by atoms with Gasteiger partial charge in [-0.05, 0) is 12.1 Å². The molecule has 2 heterocycles. The number of rotatable bonds is 3. The van der Waals surface area contributed by atoms with Crippen LogP contribution in [0.2, 0.25) is 0 Å². The molecule has 0 bridgehead atoms. The summed E-state index contributed by atoms with van der Waals surface area (Å²) in [6.45, 7) is 0. The molecular formula is C12H13N5O. The smallest absolute Gasteiger partial charge is 0.258 e. The SMILES string of the molecule is CN(C)c1ccc(C(=O)Nc2cnccn2)cn1. The van der Waals surface area contributed by atoms with Gasteiger partial charge in [0, 0.05) is 32.7 Å². The highest BCUT2D eigenvalue weighted by Gasteiger charge is 2.07. The molecule has 0 aliphatic rings. The van der Waals surface area contributed by atoms with Crippen LogP contribution in [0, 0.1) is 0 Å². The molecule has 0 aromatic carbocycles. The first-order chi connectivity index (χ1) is 8.66. The Hall–Kier alpha value is -2.50. The van der Waals surface area contributed by atoms with Gasteiger partial charge in [0.1, 0.15) is 5.82 Å². The van der Waals surface area contributed by atoms with E-state index >= 15 is 0 Å². The molecule has 0 aliphatic heterocycles. The molecule has 18 heavy (non-hydrogen) atoms. The molecule has 0 radical (unpaired) electrons. The Morgan fingerprint density at radius 1 is 1.17 bits per heavy atom. The van der Waals surface area contributed by atoms with Gasteiger partial charge in [-0.1, -0.05) is 0 Å². The van der Waals surface area contributed by atoms with Gasteiger partial charge in [-0.2, -0.15) is 0 Å². The summed E-state index contributed by atoms with van der Waals surface area (Å²) in [5.74, 6) is 0.957. The van der Waals surface area contributed by atoms with E-state index in [0.717, 1.165) is 5.82 Å². The second kappa shape index (κ2) is 5.22. The highest BCUT2D eigenvalue weighted by Crippen LogP contribution is 2.09. The molecule has 2 rings (SSSR count). The highest BCUT2D eigenvalue weighted by molar-refractivity contribution is 6.03. The van der Waals surface area contributed by atoms with Crippen LogP contribution in [0.15, 0.2) is 36.9 Å². The maximum Gasteiger partial charge on any atom is 0.258 e. The second-order valence-corrected chi connectivity index (χ2v) is 3.84. The van der Waals surface area contributed by atoms with Gasteiger partial charge in [-0.3, -0.25) is 9.78 Å². The lowest BCUT2D eigenvalue weighted by Gasteiger charge is -2.11. The van der Waals surface area contributed by atoms with E-state index in [9.17, 15) is 4.79 Å². The zero-order valence-corrected chi connectivity index (χ0v) is 10.2. The molecule has 1 N–H and O–H groups in total. The topological polar surface area (TPSA) is 71.0 Å². The Kier molecular flexibility index (Phi) is 3.47. The number of nitrogens with one attached hydrogen (secondary N) is 1. The lowest BCUT2D eigenvalue weighted by molar-refractivity contribution is 0.102.